The number of carbonyl (C=O) groups excluding carboxylic acids is 1. The van der Waals surface area contributed by atoms with Gasteiger partial charge in [-0.3, -0.25) is 10.2 Å². The maximum Gasteiger partial charge on any atom is 0.227 e. The minimum absolute atomic E-state index is 0.0181. The van der Waals surface area contributed by atoms with Gasteiger partial charge in [-0.2, -0.15) is 0 Å². The van der Waals surface area contributed by atoms with E-state index >= 15 is 0 Å². The predicted octanol–water partition coefficient (Wildman–Crippen LogP) is 5.19. The van der Waals surface area contributed by atoms with Crippen LogP contribution in [0.5, 0.6) is 0 Å². The first-order chi connectivity index (χ1) is 17.7. The van der Waals surface area contributed by atoms with Gasteiger partial charge in [-0.05, 0) is 47.6 Å². The number of nitrogen functional groups attached to an aromatic ring is 1. The lowest BCUT2D eigenvalue weighted by Crippen LogP contribution is -2.36. The average Bonchev–Trinajstić information content (AvgIpc) is 2.89. The molecule has 6 nitrogen and oxygen atoms in total. The number of amidine groups is 1. The molecule has 0 bridgehead atoms. The number of nitrogens with zero attached hydrogens (tertiary/aromatic N) is 1. The van der Waals surface area contributed by atoms with Crippen molar-refractivity contribution in [3.63, 3.8) is 0 Å². The molecule has 0 aliphatic heterocycles. The number of rotatable bonds is 9. The van der Waals surface area contributed by atoms with Crippen molar-refractivity contribution in [3.05, 3.63) is 89.5 Å². The molecule has 37 heavy (non-hydrogen) atoms. The lowest BCUT2D eigenvalue weighted by atomic mass is 9.88. The van der Waals surface area contributed by atoms with E-state index in [1.165, 1.54) is 25.5 Å². The second-order valence-corrected chi connectivity index (χ2v) is 12.0. The second-order valence-electron chi connectivity index (χ2n) is 10.0. The van der Waals surface area contributed by atoms with Crippen LogP contribution in [0.3, 0.4) is 0 Å². The zero-order chi connectivity index (χ0) is 26.4. The van der Waals surface area contributed by atoms with E-state index < -0.39 is 9.84 Å². The van der Waals surface area contributed by atoms with E-state index in [0.29, 0.717) is 28.5 Å². The molecule has 3 aromatic rings. The molecule has 0 heterocycles. The monoisotopic (exact) mass is 517 g/mol. The first-order valence-electron chi connectivity index (χ1n) is 12.8. The maximum absolute atomic E-state index is 13.5. The summed E-state index contributed by atoms with van der Waals surface area (Å²) in [4.78, 5) is 15.8. The van der Waals surface area contributed by atoms with Gasteiger partial charge in [0.2, 0.25) is 5.91 Å². The van der Waals surface area contributed by atoms with Crippen LogP contribution in [0.4, 0.5) is 0 Å². The summed E-state index contributed by atoms with van der Waals surface area (Å²) in [7, 11) is -3.36. The number of carbonyl (C=O) groups is 1. The fourth-order valence-electron chi connectivity index (χ4n) is 5.11. The summed E-state index contributed by atoms with van der Waals surface area (Å²) in [5.74, 6) is 0.580. The second kappa shape index (κ2) is 11.7. The summed E-state index contributed by atoms with van der Waals surface area (Å²) in [6.07, 6.45) is 7.46. The lowest BCUT2D eigenvalue weighted by molar-refractivity contribution is -0.132. The average molecular weight is 518 g/mol. The summed E-state index contributed by atoms with van der Waals surface area (Å²) >= 11 is 0. The third kappa shape index (κ3) is 7.07. The van der Waals surface area contributed by atoms with Crippen LogP contribution in [0.15, 0.2) is 77.7 Å². The molecule has 3 N–H and O–H groups in total. The van der Waals surface area contributed by atoms with Gasteiger partial charge in [0, 0.05) is 30.5 Å². The van der Waals surface area contributed by atoms with Crippen LogP contribution in [0.2, 0.25) is 0 Å². The molecule has 194 valence electrons. The number of sulfone groups is 1. The molecule has 1 aliphatic rings. The van der Waals surface area contributed by atoms with Crippen LogP contribution in [-0.4, -0.2) is 37.9 Å². The number of nitrogens with two attached hydrogens (primary N) is 1. The van der Waals surface area contributed by atoms with Crippen LogP contribution >= 0.6 is 0 Å². The minimum atomic E-state index is -3.36. The first kappa shape index (κ1) is 26.6. The van der Waals surface area contributed by atoms with Gasteiger partial charge in [0.05, 0.1) is 11.3 Å². The Morgan fingerprint density at radius 1 is 0.946 bits per heavy atom. The van der Waals surface area contributed by atoms with Crippen LogP contribution in [0.25, 0.3) is 11.1 Å². The van der Waals surface area contributed by atoms with Crippen molar-refractivity contribution in [1.29, 1.82) is 5.41 Å². The smallest absolute Gasteiger partial charge is 0.227 e. The summed E-state index contributed by atoms with van der Waals surface area (Å²) in [5.41, 5.74) is 9.65. The summed E-state index contributed by atoms with van der Waals surface area (Å²) in [6.45, 7) is 1.21. The Balaban J connectivity index is 1.53. The van der Waals surface area contributed by atoms with Gasteiger partial charge in [0.25, 0.3) is 0 Å². The quantitative estimate of drug-likeness (QED) is 0.301. The number of hydrogen-bond acceptors (Lipinski definition) is 4. The van der Waals surface area contributed by atoms with E-state index in [0.717, 1.165) is 36.1 Å². The number of hydrogen-bond donors (Lipinski definition) is 2. The highest BCUT2D eigenvalue weighted by Gasteiger charge is 2.22. The fourth-order valence-corrected chi connectivity index (χ4v) is 6.02. The third-order valence-corrected chi connectivity index (χ3v) is 8.23. The Labute approximate surface area is 219 Å². The summed E-state index contributed by atoms with van der Waals surface area (Å²) in [6, 6.07) is 22.1. The molecule has 0 atom stereocenters. The molecule has 1 fully saturated rings. The van der Waals surface area contributed by atoms with Crippen LogP contribution < -0.4 is 5.73 Å². The topological polar surface area (TPSA) is 104 Å². The van der Waals surface area contributed by atoms with Gasteiger partial charge in [-0.25, -0.2) is 8.42 Å². The first-order valence-corrected chi connectivity index (χ1v) is 14.7. The third-order valence-electron chi connectivity index (χ3n) is 7.07. The largest absolute Gasteiger partial charge is 0.384 e. The van der Waals surface area contributed by atoms with Gasteiger partial charge in [0.1, 0.15) is 5.84 Å². The molecule has 1 amide bonds. The molecule has 4 rings (SSSR count). The normalized spacial score (nSPS) is 14.3. The molecule has 1 aliphatic carbocycles. The Morgan fingerprint density at radius 2 is 1.65 bits per heavy atom. The number of benzene rings is 3. The zero-order valence-electron chi connectivity index (χ0n) is 21.3. The van der Waals surface area contributed by atoms with Crippen molar-refractivity contribution in [3.8, 4) is 11.1 Å². The highest BCUT2D eigenvalue weighted by Crippen LogP contribution is 2.28. The van der Waals surface area contributed by atoms with E-state index in [2.05, 4.69) is 0 Å². The van der Waals surface area contributed by atoms with Gasteiger partial charge in [0.15, 0.2) is 9.84 Å². The predicted molar refractivity (Wildman–Crippen MR) is 148 cm³/mol. The highest BCUT2D eigenvalue weighted by atomic mass is 32.2. The van der Waals surface area contributed by atoms with Crippen molar-refractivity contribution in [2.75, 3.05) is 12.8 Å². The molecular weight excluding hydrogens is 482 g/mol. The minimum Gasteiger partial charge on any atom is -0.384 e. The molecule has 7 heteroatoms. The number of nitrogens with one attached hydrogen (secondary N) is 1. The Morgan fingerprint density at radius 3 is 2.32 bits per heavy atom. The molecule has 0 radical (unpaired) electrons. The van der Waals surface area contributed by atoms with Crippen LogP contribution in [0.1, 0.15) is 48.8 Å². The zero-order valence-corrected chi connectivity index (χ0v) is 22.1. The molecule has 0 unspecified atom stereocenters. The Kier molecular flexibility index (Phi) is 8.44. The number of amides is 1. The standard InChI is InChI=1S/C30H35N3O3S/c1-37(35,36)28-13-6-5-12-27(28)25-16-14-22(15-17-25)19-29(34)33(20-23-8-3-2-4-9-23)21-24-10-7-11-26(18-24)30(31)32/h5-7,10-18,23H,2-4,8-9,19-21H2,1H3,(H3,31,32). The molecule has 1 saturated carbocycles. The summed E-state index contributed by atoms with van der Waals surface area (Å²) < 4.78 is 24.4. The summed E-state index contributed by atoms with van der Waals surface area (Å²) in [5, 5.41) is 7.74. The van der Waals surface area contributed by atoms with E-state index in [-0.39, 0.29) is 18.2 Å². The van der Waals surface area contributed by atoms with E-state index in [4.69, 9.17) is 11.1 Å². The van der Waals surface area contributed by atoms with Crippen molar-refractivity contribution in [1.82, 2.24) is 4.90 Å². The van der Waals surface area contributed by atoms with Crippen molar-refractivity contribution < 1.29 is 13.2 Å². The van der Waals surface area contributed by atoms with Crippen molar-refractivity contribution in [2.45, 2.75) is 50.0 Å². The van der Waals surface area contributed by atoms with E-state index in [1.54, 1.807) is 18.2 Å². The van der Waals surface area contributed by atoms with Crippen molar-refractivity contribution in [2.24, 2.45) is 11.7 Å². The van der Waals surface area contributed by atoms with Crippen LogP contribution in [-0.2, 0) is 27.6 Å². The molecule has 3 aromatic carbocycles. The molecule has 0 aromatic heterocycles. The molecular formula is C30H35N3O3S. The van der Waals surface area contributed by atoms with E-state index in [1.807, 2.05) is 59.5 Å². The highest BCUT2D eigenvalue weighted by molar-refractivity contribution is 7.90. The Bertz CT molecular complexity index is 1360. The van der Waals surface area contributed by atoms with Gasteiger partial charge >= 0.3 is 0 Å². The van der Waals surface area contributed by atoms with Crippen LogP contribution in [0, 0.1) is 11.3 Å². The van der Waals surface area contributed by atoms with E-state index in [9.17, 15) is 13.2 Å². The van der Waals surface area contributed by atoms with Gasteiger partial charge in [-0.15, -0.1) is 0 Å². The van der Waals surface area contributed by atoms with Gasteiger partial charge in [-0.1, -0.05) is 79.9 Å². The van der Waals surface area contributed by atoms with Gasteiger partial charge < -0.3 is 10.6 Å². The molecule has 0 saturated heterocycles. The van der Waals surface area contributed by atoms with Crippen molar-refractivity contribution >= 4 is 21.6 Å². The maximum atomic E-state index is 13.5. The fraction of sp³-hybridized carbons (Fsp3) is 0.333. The Hall–Kier alpha value is -3.45. The SMILES string of the molecule is CS(=O)(=O)c1ccccc1-c1ccc(CC(=O)N(Cc2cccc(C(=N)N)c2)CC2CCCCC2)cc1. The lowest BCUT2D eigenvalue weighted by Gasteiger charge is -2.30. The molecule has 0 spiro atoms.